The Morgan fingerprint density at radius 1 is 0.830 bits per heavy atom. The molecule has 47 heavy (non-hydrogen) atoms. The zero-order valence-electron chi connectivity index (χ0n) is 26.2. The fraction of sp³-hybridized carbons (Fsp3) is 0.154. The summed E-state index contributed by atoms with van der Waals surface area (Å²) in [5.74, 6) is 0.686. The molecule has 0 aliphatic carbocycles. The predicted molar refractivity (Wildman–Crippen MR) is 187 cm³/mol. The molecule has 5 aromatic carbocycles. The number of benzene rings is 5. The highest BCUT2D eigenvalue weighted by molar-refractivity contribution is 7.07. The monoisotopic (exact) mass is 640 g/mol. The maximum Gasteiger partial charge on any atom is 0.338 e. The van der Waals surface area contributed by atoms with Gasteiger partial charge in [0.25, 0.3) is 5.56 Å². The van der Waals surface area contributed by atoms with Crippen LogP contribution in [0.5, 0.6) is 11.5 Å². The normalized spacial score (nSPS) is 14.6. The second-order valence-corrected chi connectivity index (χ2v) is 12.0. The number of thiazole rings is 1. The van der Waals surface area contributed by atoms with Crippen molar-refractivity contribution in [2.24, 2.45) is 4.99 Å². The molecule has 6 aromatic rings. The van der Waals surface area contributed by atoms with Crippen LogP contribution in [0.25, 0.3) is 33.3 Å². The van der Waals surface area contributed by atoms with Gasteiger partial charge in [-0.15, -0.1) is 0 Å². The van der Waals surface area contributed by atoms with Gasteiger partial charge in [-0.1, -0.05) is 102 Å². The van der Waals surface area contributed by atoms with Crippen molar-refractivity contribution in [2.75, 3.05) is 20.3 Å². The number of carbonyl (C=O) groups excluding carboxylic acids is 1. The fourth-order valence-electron chi connectivity index (χ4n) is 6.29. The molecule has 1 atom stereocenters. The smallest absolute Gasteiger partial charge is 0.338 e. The van der Waals surface area contributed by atoms with Gasteiger partial charge < -0.3 is 14.2 Å². The molecule has 0 N–H and O–H groups in total. The average Bonchev–Trinajstić information content (AvgIpc) is 3.42. The number of esters is 1. The molecule has 7 nitrogen and oxygen atoms in total. The largest absolute Gasteiger partial charge is 0.496 e. The lowest BCUT2D eigenvalue weighted by molar-refractivity contribution is -0.138. The molecule has 7 rings (SSSR count). The Morgan fingerprint density at radius 2 is 1.49 bits per heavy atom. The van der Waals surface area contributed by atoms with Crippen molar-refractivity contribution in [3.63, 3.8) is 0 Å². The summed E-state index contributed by atoms with van der Waals surface area (Å²) >= 11 is 1.28. The van der Waals surface area contributed by atoms with Crippen molar-refractivity contribution >= 4 is 50.6 Å². The molecule has 1 aromatic heterocycles. The van der Waals surface area contributed by atoms with Gasteiger partial charge >= 0.3 is 5.97 Å². The molecule has 0 saturated heterocycles. The van der Waals surface area contributed by atoms with E-state index in [1.165, 1.54) is 11.3 Å². The first-order valence-electron chi connectivity index (χ1n) is 15.5. The molecular formula is C39H32N2O5S. The summed E-state index contributed by atoms with van der Waals surface area (Å²) < 4.78 is 19.7. The van der Waals surface area contributed by atoms with Gasteiger partial charge in [0.05, 0.1) is 36.1 Å². The number of rotatable bonds is 8. The molecule has 0 radical (unpaired) electrons. The minimum Gasteiger partial charge on any atom is -0.496 e. The topological polar surface area (TPSA) is 79.1 Å². The van der Waals surface area contributed by atoms with Gasteiger partial charge in [0.1, 0.15) is 17.5 Å². The van der Waals surface area contributed by atoms with E-state index >= 15 is 0 Å². The summed E-state index contributed by atoms with van der Waals surface area (Å²) in [6.07, 6.45) is 1.88. The number of hydrogen-bond acceptors (Lipinski definition) is 7. The van der Waals surface area contributed by atoms with Crippen molar-refractivity contribution in [3.8, 4) is 11.5 Å². The van der Waals surface area contributed by atoms with Crippen LogP contribution in [-0.4, -0.2) is 30.9 Å². The van der Waals surface area contributed by atoms with Crippen LogP contribution in [0, 0.1) is 0 Å². The van der Waals surface area contributed by atoms with Crippen LogP contribution in [0.2, 0.25) is 0 Å². The van der Waals surface area contributed by atoms with Gasteiger partial charge in [-0.05, 0) is 53.6 Å². The third-order valence-electron chi connectivity index (χ3n) is 8.30. The second-order valence-electron chi connectivity index (χ2n) is 11.0. The lowest BCUT2D eigenvalue weighted by Crippen LogP contribution is -2.40. The van der Waals surface area contributed by atoms with Crippen molar-refractivity contribution in [1.29, 1.82) is 0 Å². The highest BCUT2D eigenvalue weighted by Gasteiger charge is 2.37. The molecule has 0 unspecified atom stereocenters. The van der Waals surface area contributed by atoms with Gasteiger partial charge in [0, 0.05) is 16.7 Å². The number of hydrogen-bond donors (Lipinski definition) is 0. The molecule has 0 fully saturated rings. The first-order chi connectivity index (χ1) is 23.0. The lowest BCUT2D eigenvalue weighted by Gasteiger charge is -2.28. The van der Waals surface area contributed by atoms with E-state index in [2.05, 4.69) is 0 Å². The molecule has 0 amide bonds. The summed E-state index contributed by atoms with van der Waals surface area (Å²) in [5.41, 5.74) is 2.68. The van der Waals surface area contributed by atoms with Crippen LogP contribution in [0.3, 0.4) is 0 Å². The molecule has 1 aliphatic rings. The SMILES string of the molecule is CCOC(=O)C1=C(c2ccccc2)N=c2sc(=Cc3c(OCC)ccc4ccccc34)c(=O)n2[C@@H]1c1c(OC)ccc2ccccc12. The van der Waals surface area contributed by atoms with E-state index in [-0.39, 0.29) is 17.7 Å². The van der Waals surface area contributed by atoms with Crippen molar-refractivity contribution in [1.82, 2.24) is 4.57 Å². The van der Waals surface area contributed by atoms with E-state index in [0.29, 0.717) is 38.7 Å². The van der Waals surface area contributed by atoms with Crippen LogP contribution in [0.1, 0.15) is 36.6 Å². The molecule has 2 heterocycles. The third kappa shape index (κ3) is 5.30. The molecule has 0 saturated carbocycles. The van der Waals surface area contributed by atoms with Crippen molar-refractivity contribution in [3.05, 3.63) is 145 Å². The number of ether oxygens (including phenoxy) is 3. The zero-order chi connectivity index (χ0) is 32.5. The first kappa shape index (κ1) is 30.2. The van der Waals surface area contributed by atoms with Gasteiger partial charge in [-0.2, -0.15) is 0 Å². The molecule has 8 heteroatoms. The summed E-state index contributed by atoms with van der Waals surface area (Å²) in [7, 11) is 1.60. The van der Waals surface area contributed by atoms with Gasteiger partial charge in [-0.3, -0.25) is 9.36 Å². The minimum absolute atomic E-state index is 0.162. The summed E-state index contributed by atoms with van der Waals surface area (Å²) in [5, 5.41) is 3.80. The van der Waals surface area contributed by atoms with Gasteiger partial charge in [0.15, 0.2) is 4.80 Å². The number of fused-ring (bicyclic) bond motifs is 3. The second kappa shape index (κ2) is 12.7. The maximum atomic E-state index is 14.7. The molecule has 0 spiro atoms. The van der Waals surface area contributed by atoms with Crippen LogP contribution < -0.4 is 24.4 Å². The number of nitrogens with zero attached hydrogens (tertiary/aromatic N) is 2. The van der Waals surface area contributed by atoms with E-state index < -0.39 is 12.0 Å². The predicted octanol–water partition coefficient (Wildman–Crippen LogP) is 6.65. The van der Waals surface area contributed by atoms with Crippen LogP contribution in [-0.2, 0) is 9.53 Å². The van der Waals surface area contributed by atoms with Crippen molar-refractivity contribution in [2.45, 2.75) is 19.9 Å². The number of methoxy groups -OCH3 is 1. The number of carbonyl (C=O) groups is 1. The summed E-state index contributed by atoms with van der Waals surface area (Å²) in [4.78, 5) is 34.3. The first-order valence-corrected chi connectivity index (χ1v) is 16.3. The Labute approximate surface area is 275 Å². The fourth-order valence-corrected chi connectivity index (χ4v) is 7.27. The van der Waals surface area contributed by atoms with Crippen LogP contribution in [0.4, 0.5) is 0 Å². The van der Waals surface area contributed by atoms with Crippen molar-refractivity contribution < 1.29 is 19.0 Å². The summed E-state index contributed by atoms with van der Waals surface area (Å²) in [6, 6.07) is 32.4. The molecule has 234 valence electrons. The molecule has 1 aliphatic heterocycles. The highest BCUT2D eigenvalue weighted by Crippen LogP contribution is 2.42. The van der Waals surface area contributed by atoms with E-state index in [4.69, 9.17) is 19.2 Å². The highest BCUT2D eigenvalue weighted by atomic mass is 32.1. The Balaban J connectivity index is 1.61. The van der Waals surface area contributed by atoms with Gasteiger partial charge in [-0.25, -0.2) is 9.79 Å². The van der Waals surface area contributed by atoms with Gasteiger partial charge in [0.2, 0.25) is 0 Å². The molecular weight excluding hydrogens is 609 g/mol. The molecule has 0 bridgehead atoms. The Morgan fingerprint density at radius 3 is 2.19 bits per heavy atom. The maximum absolute atomic E-state index is 14.7. The third-order valence-corrected chi connectivity index (χ3v) is 9.29. The minimum atomic E-state index is -0.886. The zero-order valence-corrected chi connectivity index (χ0v) is 27.0. The van der Waals surface area contributed by atoms with Crippen LogP contribution in [0.15, 0.2) is 118 Å². The van der Waals surface area contributed by atoms with E-state index in [0.717, 1.165) is 32.7 Å². The van der Waals surface area contributed by atoms with E-state index in [1.54, 1.807) is 18.6 Å². The number of aromatic nitrogens is 1. The standard InChI is InChI=1S/C39H32N2O5S/c1-4-45-30-21-19-24-13-9-11-17-27(24)29(30)23-32-37(42)41-36(33-28-18-12-10-14-25(28)20-22-31(33)44-3)34(38(43)46-5-2)35(40-39(41)47-32)26-15-7-6-8-16-26/h6-23,36H,4-5H2,1-3H3/t36-/m1/s1. The quantitative estimate of drug-likeness (QED) is 0.174. The Bertz CT molecular complexity index is 2370. The average molecular weight is 641 g/mol. The summed E-state index contributed by atoms with van der Waals surface area (Å²) in [6.45, 7) is 4.34. The Kier molecular flexibility index (Phi) is 8.18. The Hall–Kier alpha value is -5.47. The van der Waals surface area contributed by atoms with E-state index in [1.807, 2.05) is 116 Å². The van der Waals surface area contributed by atoms with Crippen LogP contribution >= 0.6 is 11.3 Å². The van der Waals surface area contributed by atoms with E-state index in [9.17, 15) is 9.59 Å². The lowest BCUT2D eigenvalue weighted by atomic mass is 9.89.